The number of esters is 1. The zero-order valence-corrected chi connectivity index (χ0v) is 25.4. The molecule has 8 heteroatoms. The molecule has 0 radical (unpaired) electrons. The van der Waals surface area contributed by atoms with E-state index in [1.807, 2.05) is 13.8 Å². The van der Waals surface area contributed by atoms with Gasteiger partial charge in [-0.3, -0.25) is 19.2 Å². The second-order valence-electron chi connectivity index (χ2n) is 14.9. The second-order valence-corrected chi connectivity index (χ2v) is 14.9. The fourth-order valence-electron chi connectivity index (χ4n) is 10.5. The van der Waals surface area contributed by atoms with Crippen LogP contribution in [0.15, 0.2) is 11.6 Å². The van der Waals surface area contributed by atoms with E-state index >= 15 is 0 Å². The van der Waals surface area contributed by atoms with Crippen molar-refractivity contribution in [3.8, 4) is 0 Å². The van der Waals surface area contributed by atoms with E-state index in [0.29, 0.717) is 18.9 Å². The highest BCUT2D eigenvalue weighted by Gasteiger charge is 2.74. The summed E-state index contributed by atoms with van der Waals surface area (Å²) >= 11 is 0. The smallest absolute Gasteiger partial charge is 0.329 e. The van der Waals surface area contributed by atoms with Gasteiger partial charge in [0.15, 0.2) is 17.7 Å². The van der Waals surface area contributed by atoms with Gasteiger partial charge in [-0.25, -0.2) is 0 Å². The van der Waals surface area contributed by atoms with Gasteiger partial charge in [-0.15, -0.1) is 0 Å². The molecule has 4 fully saturated rings. The maximum absolute atomic E-state index is 14.6. The van der Waals surface area contributed by atoms with Crippen LogP contribution < -0.4 is 5.90 Å². The summed E-state index contributed by atoms with van der Waals surface area (Å²) in [4.78, 5) is 58.9. The lowest BCUT2D eigenvalue weighted by molar-refractivity contribution is -0.217. The number of Topliss-reactive ketones (excluding diaryl/α,β-unsaturated/α-hetero) is 1. The molecule has 4 aliphatic carbocycles. The van der Waals surface area contributed by atoms with Gasteiger partial charge in [-0.05, 0) is 73.2 Å². The van der Waals surface area contributed by atoms with Gasteiger partial charge in [0.1, 0.15) is 0 Å². The number of hydrogen-bond acceptors (Lipinski definition) is 8. The Hall–Kier alpha value is -2.06. The molecule has 0 aromatic heterocycles. The lowest BCUT2D eigenvalue weighted by Crippen LogP contribution is -2.70. The van der Waals surface area contributed by atoms with Gasteiger partial charge >= 0.3 is 11.9 Å². The molecule has 3 saturated carbocycles. The number of hydrogen-bond donors (Lipinski definition) is 1. The lowest BCUT2D eigenvalue weighted by atomic mass is 9.34. The number of allylic oxidation sites excluding steroid dienone is 1. The Morgan fingerprint density at radius 3 is 2.33 bits per heavy atom. The van der Waals surface area contributed by atoms with Crippen LogP contribution in [0.4, 0.5) is 0 Å². The largest absolute Gasteiger partial charge is 0.454 e. The van der Waals surface area contributed by atoms with E-state index < -0.39 is 51.0 Å². The minimum absolute atomic E-state index is 0.00376. The molecule has 5 rings (SSSR count). The fourth-order valence-corrected chi connectivity index (χ4v) is 10.5. The lowest BCUT2D eigenvalue weighted by Gasteiger charge is -2.69. The van der Waals surface area contributed by atoms with Crippen molar-refractivity contribution in [1.82, 2.24) is 0 Å². The van der Waals surface area contributed by atoms with Gasteiger partial charge in [0.05, 0.1) is 30.0 Å². The summed E-state index contributed by atoms with van der Waals surface area (Å²) in [7, 11) is 0. The van der Waals surface area contributed by atoms with E-state index in [2.05, 4.69) is 34.6 Å². The first-order chi connectivity index (χ1) is 18.5. The van der Waals surface area contributed by atoms with E-state index in [-0.39, 0.29) is 35.9 Å². The zero-order valence-electron chi connectivity index (χ0n) is 25.4. The predicted octanol–water partition coefficient (Wildman–Crippen LogP) is 4.59. The zero-order chi connectivity index (χ0) is 29.6. The van der Waals surface area contributed by atoms with Crippen molar-refractivity contribution in [2.45, 2.75) is 93.6 Å². The third-order valence-corrected chi connectivity index (χ3v) is 13.2. The molecule has 2 bridgehead atoms. The third-order valence-electron chi connectivity index (χ3n) is 13.2. The Bertz CT molecular complexity index is 1180. The normalized spacial score (nSPS) is 46.9. The van der Waals surface area contributed by atoms with Crippen LogP contribution in [0.1, 0.15) is 87.5 Å². The van der Waals surface area contributed by atoms with Crippen LogP contribution in [0.2, 0.25) is 0 Å². The Labute approximate surface area is 238 Å². The van der Waals surface area contributed by atoms with Crippen LogP contribution in [0, 0.1) is 56.7 Å². The van der Waals surface area contributed by atoms with Crippen LogP contribution in [0.25, 0.3) is 0 Å². The minimum Gasteiger partial charge on any atom is -0.454 e. The van der Waals surface area contributed by atoms with Crippen molar-refractivity contribution < 1.29 is 33.5 Å². The maximum Gasteiger partial charge on any atom is 0.329 e. The van der Waals surface area contributed by atoms with E-state index in [1.54, 1.807) is 6.08 Å². The first kappa shape index (κ1) is 29.4. The highest BCUT2D eigenvalue weighted by Crippen LogP contribution is 2.73. The number of carbonyl (C=O) groups is 4. The number of ether oxygens (including phenoxy) is 2. The van der Waals surface area contributed by atoms with E-state index in [4.69, 9.17) is 20.2 Å². The predicted molar refractivity (Wildman–Crippen MR) is 147 cm³/mol. The van der Waals surface area contributed by atoms with Gasteiger partial charge in [-0.2, -0.15) is 5.90 Å². The molecule has 8 nitrogen and oxygen atoms in total. The van der Waals surface area contributed by atoms with Gasteiger partial charge in [-0.1, -0.05) is 47.1 Å². The molecule has 222 valence electrons. The molecular weight excluding hydrogens is 510 g/mol. The van der Waals surface area contributed by atoms with Crippen LogP contribution in [0.3, 0.4) is 0 Å². The molecule has 0 aromatic rings. The van der Waals surface area contributed by atoms with Gasteiger partial charge < -0.3 is 14.3 Å². The topological polar surface area (TPSA) is 122 Å². The molecule has 0 amide bonds. The van der Waals surface area contributed by atoms with Crippen molar-refractivity contribution in [3.63, 3.8) is 0 Å². The summed E-state index contributed by atoms with van der Waals surface area (Å²) in [5.74, 6) is 4.18. The van der Waals surface area contributed by atoms with Crippen LogP contribution >= 0.6 is 0 Å². The Balaban J connectivity index is 1.68. The monoisotopic (exact) mass is 557 g/mol. The van der Waals surface area contributed by atoms with Gasteiger partial charge in [0.25, 0.3) is 0 Å². The molecule has 40 heavy (non-hydrogen) atoms. The van der Waals surface area contributed by atoms with Crippen molar-refractivity contribution in [3.05, 3.63) is 11.6 Å². The molecule has 2 unspecified atom stereocenters. The molecule has 1 aliphatic heterocycles. The highest BCUT2D eigenvalue weighted by molar-refractivity contribution is 6.01. The molecule has 1 saturated heterocycles. The van der Waals surface area contributed by atoms with E-state index in [0.717, 1.165) is 31.3 Å². The van der Waals surface area contributed by atoms with Gasteiger partial charge in [0.2, 0.25) is 0 Å². The summed E-state index contributed by atoms with van der Waals surface area (Å²) in [6, 6.07) is 0. The molecule has 1 heterocycles. The number of rotatable bonds is 4. The summed E-state index contributed by atoms with van der Waals surface area (Å²) in [6.07, 6.45) is 4.44. The quantitative estimate of drug-likeness (QED) is 0.394. The molecule has 0 spiro atoms. The van der Waals surface area contributed by atoms with Crippen LogP contribution in [-0.2, 0) is 33.5 Å². The third kappa shape index (κ3) is 3.50. The Morgan fingerprint density at radius 1 is 1.05 bits per heavy atom. The Kier molecular flexibility index (Phi) is 6.78. The molecule has 2 N–H and O–H groups in total. The van der Waals surface area contributed by atoms with Crippen molar-refractivity contribution in [2.75, 3.05) is 13.2 Å². The number of ketones is 2. The summed E-state index contributed by atoms with van der Waals surface area (Å²) in [5.41, 5.74) is -2.38. The van der Waals surface area contributed by atoms with E-state index in [9.17, 15) is 19.2 Å². The Morgan fingerprint density at radius 2 is 1.73 bits per heavy atom. The molecule has 10 atom stereocenters. The average molecular weight is 558 g/mol. The van der Waals surface area contributed by atoms with Crippen molar-refractivity contribution >= 4 is 23.5 Å². The highest BCUT2D eigenvalue weighted by atomic mass is 16.7. The second kappa shape index (κ2) is 9.22. The van der Waals surface area contributed by atoms with Crippen molar-refractivity contribution in [1.29, 1.82) is 0 Å². The van der Waals surface area contributed by atoms with Crippen LogP contribution in [-0.4, -0.2) is 42.8 Å². The maximum atomic E-state index is 14.6. The van der Waals surface area contributed by atoms with Crippen molar-refractivity contribution in [2.24, 2.45) is 62.6 Å². The first-order valence-electron chi connectivity index (χ1n) is 15.0. The molecular formula is C32H47NO7. The fraction of sp³-hybridized carbons (Fsp3) is 0.812. The minimum atomic E-state index is -1.02. The summed E-state index contributed by atoms with van der Waals surface area (Å²) in [5, 5.41) is 0. The van der Waals surface area contributed by atoms with Crippen LogP contribution in [0.5, 0.6) is 0 Å². The number of nitrogens with two attached hydrogens (primary N) is 1. The standard InChI is InChI=1S/C32H47NO7/c1-17(2)18(3)28(5)11-12-30(7)20-9-10-23-29(6)15-38-16-32(23,14-22(26(29)36)39-19(4)34)21(20)13-24(35)31(30,8)25(28)27(37)40-33/h13,17-18,20,22-23,25H,9-12,14-16,33H2,1-8H3/t18-,20+,22-,23+,25-,28-,29+,30?,31+,32?/m1/s1. The molecule has 0 aromatic carbocycles. The summed E-state index contributed by atoms with van der Waals surface area (Å²) < 4.78 is 11.8. The van der Waals surface area contributed by atoms with Gasteiger partial charge in [0, 0.05) is 18.8 Å². The number of carbonyl (C=O) groups excluding carboxylic acids is 4. The molecule has 5 aliphatic rings. The van der Waals surface area contributed by atoms with E-state index in [1.165, 1.54) is 6.92 Å². The SMILES string of the molecule is CC(=O)O[C@@H]1CC23COC[C@](C)(C1=O)[C@@H]2CC[C@H]1C3=CC(=O)[C@@]2(C)[C@H](C(=O)ON)[C@@](C)([C@H](C)C(C)C)CCC12C. The average Bonchev–Trinajstić information content (AvgIpc) is 2.88. The first-order valence-corrected chi connectivity index (χ1v) is 15.0. The number of fused-ring (bicyclic) bond motifs is 3. The summed E-state index contributed by atoms with van der Waals surface area (Å²) in [6.45, 7) is 16.7.